The summed E-state index contributed by atoms with van der Waals surface area (Å²) < 4.78 is 0. The van der Waals surface area contributed by atoms with Crippen LogP contribution in [0.4, 0.5) is 0 Å². The molecule has 15 heavy (non-hydrogen) atoms. The van der Waals surface area contributed by atoms with Crippen LogP contribution in [-0.2, 0) is 0 Å². The SMILES string of the molecule is CC(C(=O)c1ccccc1Cl)N(C)C.Cl. The van der Waals surface area contributed by atoms with E-state index in [0.29, 0.717) is 10.6 Å². The molecule has 0 saturated carbocycles. The number of likely N-dealkylation sites (N-methyl/N-ethyl adjacent to an activating group) is 1. The monoisotopic (exact) mass is 247 g/mol. The average molecular weight is 248 g/mol. The Balaban J connectivity index is 0.00000196. The van der Waals surface area contributed by atoms with E-state index in [-0.39, 0.29) is 24.2 Å². The van der Waals surface area contributed by atoms with Crippen LogP contribution >= 0.6 is 24.0 Å². The van der Waals surface area contributed by atoms with E-state index >= 15 is 0 Å². The summed E-state index contributed by atoms with van der Waals surface area (Å²) >= 11 is 5.93. The first-order chi connectivity index (χ1) is 6.54. The minimum absolute atomic E-state index is 0. The molecule has 0 heterocycles. The second-order valence-electron chi connectivity index (χ2n) is 3.48. The number of benzene rings is 1. The molecule has 0 saturated heterocycles. The molecule has 0 aliphatic heterocycles. The normalized spacial score (nSPS) is 12.1. The van der Waals surface area contributed by atoms with Crippen LogP contribution in [0.2, 0.25) is 5.02 Å². The van der Waals surface area contributed by atoms with Crippen LogP contribution in [0.15, 0.2) is 24.3 Å². The molecular weight excluding hydrogens is 233 g/mol. The number of halogens is 2. The minimum Gasteiger partial charge on any atom is -0.300 e. The maximum absolute atomic E-state index is 11.9. The Bertz CT molecular complexity index is 339. The molecule has 0 fully saturated rings. The van der Waals surface area contributed by atoms with Gasteiger partial charge in [0.2, 0.25) is 0 Å². The Labute approximate surface area is 102 Å². The molecule has 2 nitrogen and oxygen atoms in total. The Morgan fingerprint density at radius 3 is 2.33 bits per heavy atom. The van der Waals surface area contributed by atoms with Crippen molar-refractivity contribution in [3.8, 4) is 0 Å². The lowest BCUT2D eigenvalue weighted by molar-refractivity contribution is 0.0891. The van der Waals surface area contributed by atoms with Gasteiger partial charge in [-0.1, -0.05) is 23.7 Å². The quantitative estimate of drug-likeness (QED) is 0.766. The third kappa shape index (κ3) is 3.49. The summed E-state index contributed by atoms with van der Waals surface area (Å²) in [6.07, 6.45) is 0. The van der Waals surface area contributed by atoms with Gasteiger partial charge in [-0.3, -0.25) is 9.69 Å². The Kier molecular flexibility index (Phi) is 5.88. The maximum Gasteiger partial charge on any atom is 0.181 e. The van der Waals surface area contributed by atoms with Crippen molar-refractivity contribution in [3.63, 3.8) is 0 Å². The molecule has 1 aromatic carbocycles. The molecule has 0 spiro atoms. The summed E-state index contributed by atoms with van der Waals surface area (Å²) in [5.74, 6) is 0.0561. The fraction of sp³-hybridized carbons (Fsp3) is 0.364. The van der Waals surface area contributed by atoms with Gasteiger partial charge in [0.05, 0.1) is 11.1 Å². The predicted octanol–water partition coefficient (Wildman–Crippen LogP) is 2.89. The minimum atomic E-state index is -0.144. The molecule has 1 aromatic rings. The molecule has 0 amide bonds. The molecule has 0 aliphatic rings. The van der Waals surface area contributed by atoms with Crippen LogP contribution in [0.5, 0.6) is 0 Å². The van der Waals surface area contributed by atoms with Crippen molar-refractivity contribution in [2.45, 2.75) is 13.0 Å². The van der Waals surface area contributed by atoms with Crippen molar-refractivity contribution in [1.82, 2.24) is 4.90 Å². The van der Waals surface area contributed by atoms with Crippen LogP contribution in [0.1, 0.15) is 17.3 Å². The molecule has 0 bridgehead atoms. The van der Waals surface area contributed by atoms with Crippen LogP contribution in [0, 0.1) is 0 Å². The third-order valence-corrected chi connectivity index (χ3v) is 2.62. The van der Waals surface area contributed by atoms with Crippen molar-refractivity contribution < 1.29 is 4.79 Å². The Morgan fingerprint density at radius 2 is 1.87 bits per heavy atom. The molecule has 1 atom stereocenters. The van der Waals surface area contributed by atoms with Crippen LogP contribution in [0.25, 0.3) is 0 Å². The first kappa shape index (κ1) is 14.4. The molecule has 0 N–H and O–H groups in total. The van der Waals surface area contributed by atoms with E-state index in [1.807, 2.05) is 38.1 Å². The lowest BCUT2D eigenvalue weighted by Crippen LogP contribution is -2.32. The van der Waals surface area contributed by atoms with Crippen molar-refractivity contribution in [2.24, 2.45) is 0 Å². The molecule has 1 unspecified atom stereocenters. The summed E-state index contributed by atoms with van der Waals surface area (Å²) in [5, 5.41) is 0.520. The molecule has 0 radical (unpaired) electrons. The van der Waals surface area contributed by atoms with Crippen molar-refractivity contribution in [2.75, 3.05) is 14.1 Å². The smallest absolute Gasteiger partial charge is 0.181 e. The summed E-state index contributed by atoms with van der Waals surface area (Å²) in [6, 6.07) is 6.98. The fourth-order valence-corrected chi connectivity index (χ4v) is 1.35. The highest BCUT2D eigenvalue weighted by Gasteiger charge is 2.18. The van der Waals surface area contributed by atoms with E-state index in [9.17, 15) is 4.79 Å². The number of hydrogen-bond acceptors (Lipinski definition) is 2. The second kappa shape index (κ2) is 6.11. The zero-order valence-corrected chi connectivity index (χ0v) is 10.6. The van der Waals surface area contributed by atoms with E-state index in [4.69, 9.17) is 11.6 Å². The van der Waals surface area contributed by atoms with Gasteiger partial charge in [0, 0.05) is 5.56 Å². The van der Waals surface area contributed by atoms with Gasteiger partial charge in [0.15, 0.2) is 5.78 Å². The fourth-order valence-electron chi connectivity index (χ4n) is 1.12. The van der Waals surface area contributed by atoms with Gasteiger partial charge >= 0.3 is 0 Å². The number of nitrogens with zero attached hydrogens (tertiary/aromatic N) is 1. The summed E-state index contributed by atoms with van der Waals surface area (Å²) in [7, 11) is 3.75. The largest absolute Gasteiger partial charge is 0.300 e. The number of rotatable bonds is 3. The Morgan fingerprint density at radius 1 is 1.33 bits per heavy atom. The standard InChI is InChI=1S/C11H14ClNO.ClH/c1-8(13(2)3)11(14)9-6-4-5-7-10(9)12;/h4-8H,1-3H3;1H. The molecule has 0 aliphatic carbocycles. The lowest BCUT2D eigenvalue weighted by atomic mass is 10.1. The van der Waals surface area contributed by atoms with Gasteiger partial charge in [0.25, 0.3) is 0 Å². The van der Waals surface area contributed by atoms with Crippen molar-refractivity contribution in [1.29, 1.82) is 0 Å². The summed E-state index contributed by atoms with van der Waals surface area (Å²) in [5.41, 5.74) is 0.593. The number of hydrogen-bond donors (Lipinski definition) is 0. The van der Waals surface area contributed by atoms with Gasteiger partial charge in [-0.15, -0.1) is 12.4 Å². The van der Waals surface area contributed by atoms with Gasteiger partial charge in [-0.2, -0.15) is 0 Å². The highest BCUT2D eigenvalue weighted by molar-refractivity contribution is 6.34. The van der Waals surface area contributed by atoms with Crippen LogP contribution in [-0.4, -0.2) is 30.8 Å². The third-order valence-electron chi connectivity index (χ3n) is 2.29. The second-order valence-corrected chi connectivity index (χ2v) is 3.89. The number of ketones is 1. The zero-order valence-electron chi connectivity index (χ0n) is 9.03. The highest BCUT2D eigenvalue weighted by atomic mass is 35.5. The van der Waals surface area contributed by atoms with Crippen molar-refractivity contribution in [3.05, 3.63) is 34.9 Å². The average Bonchev–Trinajstić information content (AvgIpc) is 2.16. The molecule has 0 aromatic heterocycles. The molecular formula is C11H15Cl2NO. The van der Waals surface area contributed by atoms with E-state index in [0.717, 1.165) is 0 Å². The van der Waals surface area contributed by atoms with E-state index in [2.05, 4.69) is 0 Å². The number of carbonyl (C=O) groups excluding carboxylic acids is 1. The summed E-state index contributed by atoms with van der Waals surface area (Å²) in [4.78, 5) is 13.7. The van der Waals surface area contributed by atoms with Gasteiger partial charge in [-0.05, 0) is 33.2 Å². The zero-order chi connectivity index (χ0) is 10.7. The van der Waals surface area contributed by atoms with Crippen LogP contribution in [0.3, 0.4) is 0 Å². The van der Waals surface area contributed by atoms with Crippen LogP contribution < -0.4 is 0 Å². The molecule has 84 valence electrons. The van der Waals surface area contributed by atoms with E-state index < -0.39 is 0 Å². The van der Waals surface area contributed by atoms with Gasteiger partial charge in [-0.25, -0.2) is 0 Å². The topological polar surface area (TPSA) is 20.3 Å². The Hall–Kier alpha value is -0.570. The first-order valence-electron chi connectivity index (χ1n) is 4.49. The van der Waals surface area contributed by atoms with E-state index in [1.54, 1.807) is 12.1 Å². The highest BCUT2D eigenvalue weighted by Crippen LogP contribution is 2.17. The maximum atomic E-state index is 11.9. The first-order valence-corrected chi connectivity index (χ1v) is 4.87. The van der Waals surface area contributed by atoms with E-state index in [1.165, 1.54) is 0 Å². The lowest BCUT2D eigenvalue weighted by Gasteiger charge is -2.18. The van der Waals surface area contributed by atoms with Crippen molar-refractivity contribution >= 4 is 29.8 Å². The molecule has 4 heteroatoms. The number of Topliss-reactive ketones (excluding diaryl/α,β-unsaturated/α-hetero) is 1. The van der Waals surface area contributed by atoms with Gasteiger partial charge < -0.3 is 0 Å². The van der Waals surface area contributed by atoms with Gasteiger partial charge in [0.1, 0.15) is 0 Å². The molecule has 1 rings (SSSR count). The summed E-state index contributed by atoms with van der Waals surface area (Å²) in [6.45, 7) is 1.87. The predicted molar refractivity (Wildman–Crippen MR) is 66.2 cm³/mol. The number of carbonyl (C=O) groups is 1.